The molecule has 4 atom stereocenters. The molecule has 0 radical (unpaired) electrons. The summed E-state index contributed by atoms with van der Waals surface area (Å²) in [5, 5.41) is 0. The van der Waals surface area contributed by atoms with Crippen LogP contribution in [0.1, 0.15) is 39.0 Å². The monoisotopic (exact) mass is 418 g/mol. The molecule has 0 aliphatic carbocycles. The van der Waals surface area contributed by atoms with Crippen molar-refractivity contribution < 1.29 is 37.1 Å². The van der Waals surface area contributed by atoms with Crippen molar-refractivity contribution in [2.45, 2.75) is 45.7 Å². The van der Waals surface area contributed by atoms with Crippen molar-refractivity contribution in [3.05, 3.63) is 29.8 Å². The fourth-order valence-corrected chi connectivity index (χ4v) is 3.85. The third-order valence-electron chi connectivity index (χ3n) is 4.09. The van der Waals surface area contributed by atoms with Crippen LogP contribution in [-0.2, 0) is 32.3 Å². The molecule has 0 amide bonds. The Morgan fingerprint density at radius 2 is 1.93 bits per heavy atom. The zero-order chi connectivity index (χ0) is 20.4. The van der Waals surface area contributed by atoms with Gasteiger partial charge in [0.05, 0.1) is 46.2 Å². The molecule has 28 heavy (non-hydrogen) atoms. The van der Waals surface area contributed by atoms with Crippen LogP contribution in [0.25, 0.3) is 0 Å². The zero-order valence-electron chi connectivity index (χ0n) is 17.0. The maximum Gasteiger partial charge on any atom is 0.475 e. The number of methoxy groups -OCH3 is 1. The van der Waals surface area contributed by atoms with Gasteiger partial charge in [-0.2, -0.15) is 0 Å². The van der Waals surface area contributed by atoms with Gasteiger partial charge in [-0.25, -0.2) is 4.57 Å². The molecule has 1 aromatic rings. The van der Waals surface area contributed by atoms with Gasteiger partial charge in [0.2, 0.25) is 0 Å². The molecule has 2 rings (SSSR count). The molecule has 160 valence electrons. The van der Waals surface area contributed by atoms with Crippen LogP contribution in [0.2, 0.25) is 0 Å². The second kappa shape index (κ2) is 11.9. The predicted octanol–water partition coefficient (Wildman–Crippen LogP) is 4.10. The zero-order valence-corrected chi connectivity index (χ0v) is 17.9. The Labute approximate surface area is 167 Å². The van der Waals surface area contributed by atoms with Crippen LogP contribution in [0.15, 0.2) is 24.3 Å². The summed E-state index contributed by atoms with van der Waals surface area (Å²) in [6, 6.07) is 7.54. The van der Waals surface area contributed by atoms with Gasteiger partial charge in [-0.05, 0) is 32.4 Å². The minimum absolute atomic E-state index is 0.100. The van der Waals surface area contributed by atoms with Crippen LogP contribution in [0, 0.1) is 0 Å². The molecule has 1 aromatic carbocycles. The van der Waals surface area contributed by atoms with Gasteiger partial charge in [-0.15, -0.1) is 0 Å². The SMILES string of the molecule is CCOP(=O)(OCCOCC1COC(c2ccc(OC)cc2)O1)OC(C)CC. The highest BCUT2D eigenvalue weighted by Gasteiger charge is 2.29. The molecular formula is C19H31O8P. The number of hydrogen-bond donors (Lipinski definition) is 0. The highest BCUT2D eigenvalue weighted by molar-refractivity contribution is 7.48. The molecule has 9 heteroatoms. The lowest BCUT2D eigenvalue weighted by Gasteiger charge is -2.20. The molecule has 8 nitrogen and oxygen atoms in total. The second-order valence-electron chi connectivity index (χ2n) is 6.29. The second-order valence-corrected chi connectivity index (χ2v) is 7.92. The molecule has 1 aliphatic heterocycles. The average Bonchev–Trinajstić information content (AvgIpc) is 3.16. The highest BCUT2D eigenvalue weighted by Crippen LogP contribution is 2.50. The molecule has 4 unspecified atom stereocenters. The number of hydrogen-bond acceptors (Lipinski definition) is 8. The maximum atomic E-state index is 12.5. The van der Waals surface area contributed by atoms with Gasteiger partial charge in [-0.1, -0.05) is 19.1 Å². The lowest BCUT2D eigenvalue weighted by molar-refractivity contribution is -0.0752. The fraction of sp³-hybridized carbons (Fsp3) is 0.684. The first-order chi connectivity index (χ1) is 13.5. The summed E-state index contributed by atoms with van der Waals surface area (Å²) in [5.74, 6) is 0.781. The summed E-state index contributed by atoms with van der Waals surface area (Å²) in [4.78, 5) is 0. The van der Waals surface area contributed by atoms with Gasteiger partial charge in [0.1, 0.15) is 11.9 Å². The van der Waals surface area contributed by atoms with Crippen molar-refractivity contribution in [2.75, 3.05) is 40.1 Å². The van der Waals surface area contributed by atoms with Crippen LogP contribution in [-0.4, -0.2) is 52.4 Å². The summed E-state index contributed by atoms with van der Waals surface area (Å²) >= 11 is 0. The Morgan fingerprint density at radius 3 is 2.57 bits per heavy atom. The van der Waals surface area contributed by atoms with Crippen molar-refractivity contribution >= 4 is 7.82 Å². The number of rotatable bonds is 13. The molecule has 1 saturated heterocycles. The highest BCUT2D eigenvalue weighted by atomic mass is 31.2. The van der Waals surface area contributed by atoms with Gasteiger partial charge in [-0.3, -0.25) is 13.6 Å². The van der Waals surface area contributed by atoms with Gasteiger partial charge < -0.3 is 18.9 Å². The molecule has 1 fully saturated rings. The van der Waals surface area contributed by atoms with E-state index in [1.165, 1.54) is 0 Å². The topological polar surface area (TPSA) is 81.7 Å². The van der Waals surface area contributed by atoms with Crippen molar-refractivity contribution in [1.29, 1.82) is 0 Å². The summed E-state index contributed by atoms with van der Waals surface area (Å²) in [6.45, 7) is 6.87. The van der Waals surface area contributed by atoms with Crippen LogP contribution in [0.5, 0.6) is 5.75 Å². The molecule has 0 saturated carbocycles. The first-order valence-electron chi connectivity index (χ1n) is 9.56. The average molecular weight is 418 g/mol. The third kappa shape index (κ3) is 7.44. The lowest BCUT2D eigenvalue weighted by Crippen LogP contribution is -2.19. The van der Waals surface area contributed by atoms with E-state index in [1.807, 2.05) is 38.1 Å². The van der Waals surface area contributed by atoms with Gasteiger partial charge in [0.25, 0.3) is 0 Å². The molecule has 1 aliphatic rings. The Kier molecular flexibility index (Phi) is 9.88. The van der Waals surface area contributed by atoms with E-state index in [0.717, 1.165) is 11.3 Å². The van der Waals surface area contributed by atoms with Crippen molar-refractivity contribution in [3.8, 4) is 5.75 Å². The molecule has 0 bridgehead atoms. The van der Waals surface area contributed by atoms with E-state index in [2.05, 4.69) is 0 Å². The molecule has 0 spiro atoms. The Balaban J connectivity index is 1.67. The smallest absolute Gasteiger partial charge is 0.475 e. The number of phosphoric acid groups is 1. The number of benzene rings is 1. The van der Waals surface area contributed by atoms with Crippen molar-refractivity contribution in [1.82, 2.24) is 0 Å². The van der Waals surface area contributed by atoms with Gasteiger partial charge in [0, 0.05) is 5.56 Å². The summed E-state index contributed by atoms with van der Waals surface area (Å²) in [5.41, 5.74) is 0.923. The number of phosphoric ester groups is 1. The minimum Gasteiger partial charge on any atom is -0.497 e. The standard InChI is InChI=1S/C19H31O8P/c1-5-15(3)27-28(20,24-6-2)25-12-11-22-13-18-14-23-19(26-18)16-7-9-17(21-4)10-8-16/h7-10,15,18-19H,5-6,11-14H2,1-4H3. The molecule has 0 N–H and O–H groups in total. The van der Waals surface area contributed by atoms with E-state index >= 15 is 0 Å². The van der Waals surface area contributed by atoms with E-state index in [-0.39, 0.29) is 32.0 Å². The Hall–Kier alpha value is -0.990. The van der Waals surface area contributed by atoms with Crippen LogP contribution in [0.4, 0.5) is 0 Å². The minimum atomic E-state index is -3.56. The predicted molar refractivity (Wildman–Crippen MR) is 103 cm³/mol. The number of ether oxygens (including phenoxy) is 4. The normalized spacial score (nSPS) is 22.7. The van der Waals surface area contributed by atoms with Crippen LogP contribution in [0.3, 0.4) is 0 Å². The van der Waals surface area contributed by atoms with Crippen molar-refractivity contribution in [2.24, 2.45) is 0 Å². The van der Waals surface area contributed by atoms with Crippen molar-refractivity contribution in [3.63, 3.8) is 0 Å². The first kappa shape index (κ1) is 23.3. The lowest BCUT2D eigenvalue weighted by atomic mass is 10.2. The van der Waals surface area contributed by atoms with E-state index in [0.29, 0.717) is 19.6 Å². The summed E-state index contributed by atoms with van der Waals surface area (Å²) in [7, 11) is -1.94. The van der Waals surface area contributed by atoms with Gasteiger partial charge >= 0.3 is 7.82 Å². The van der Waals surface area contributed by atoms with E-state index < -0.39 is 14.1 Å². The summed E-state index contributed by atoms with van der Waals surface area (Å²) in [6.07, 6.45) is -0.0945. The van der Waals surface area contributed by atoms with Crippen LogP contribution >= 0.6 is 7.82 Å². The Morgan fingerprint density at radius 1 is 1.18 bits per heavy atom. The fourth-order valence-electron chi connectivity index (χ4n) is 2.45. The van der Waals surface area contributed by atoms with E-state index in [4.69, 9.17) is 32.5 Å². The largest absolute Gasteiger partial charge is 0.497 e. The maximum absolute atomic E-state index is 12.5. The first-order valence-corrected chi connectivity index (χ1v) is 11.0. The van der Waals surface area contributed by atoms with E-state index in [1.54, 1.807) is 14.0 Å². The molecule has 1 heterocycles. The van der Waals surface area contributed by atoms with E-state index in [9.17, 15) is 4.57 Å². The van der Waals surface area contributed by atoms with Crippen LogP contribution < -0.4 is 4.74 Å². The Bertz CT molecular complexity index is 608. The summed E-state index contributed by atoms with van der Waals surface area (Å²) < 4.78 is 50.6. The molecular weight excluding hydrogens is 387 g/mol. The molecule has 0 aromatic heterocycles. The third-order valence-corrected chi connectivity index (χ3v) is 5.78. The van der Waals surface area contributed by atoms with Gasteiger partial charge in [0.15, 0.2) is 6.29 Å². The quantitative estimate of drug-likeness (QED) is 0.350.